The molecular weight excluding hydrogens is 377 g/mol. The maximum absolute atomic E-state index is 13.4. The van der Waals surface area contributed by atoms with Crippen molar-refractivity contribution in [2.45, 2.75) is 45.5 Å². The van der Waals surface area contributed by atoms with Gasteiger partial charge >= 0.3 is 12.3 Å². The van der Waals surface area contributed by atoms with E-state index in [1.54, 1.807) is 6.20 Å². The molecule has 2 N–H and O–H groups in total. The van der Waals surface area contributed by atoms with E-state index in [4.69, 9.17) is 0 Å². The van der Waals surface area contributed by atoms with Crippen LogP contribution in [-0.4, -0.2) is 45.0 Å². The molecule has 3 heterocycles. The van der Waals surface area contributed by atoms with E-state index < -0.39 is 18.0 Å². The molecule has 0 radical (unpaired) electrons. The van der Waals surface area contributed by atoms with Gasteiger partial charge in [-0.2, -0.15) is 18.3 Å². The van der Waals surface area contributed by atoms with Gasteiger partial charge in [0.2, 0.25) is 0 Å². The van der Waals surface area contributed by atoms with Crippen LogP contribution in [0.5, 0.6) is 0 Å². The van der Waals surface area contributed by atoms with E-state index in [2.05, 4.69) is 30.4 Å². The van der Waals surface area contributed by atoms with E-state index in [-0.39, 0.29) is 36.8 Å². The zero-order chi connectivity index (χ0) is 20.5. The molecule has 8 nitrogen and oxygen atoms in total. The average molecular weight is 398 g/mol. The van der Waals surface area contributed by atoms with Crippen molar-refractivity contribution in [2.75, 3.05) is 19.0 Å². The van der Waals surface area contributed by atoms with Crippen molar-refractivity contribution in [2.24, 2.45) is 0 Å². The summed E-state index contributed by atoms with van der Waals surface area (Å²) < 4.78 is 44.8. The number of halogens is 3. The number of ether oxygens (including phenoxy) is 1. The second-order valence-corrected chi connectivity index (χ2v) is 6.81. The molecule has 0 saturated heterocycles. The number of amides is 1. The Bertz CT molecular complexity index is 865. The molecule has 0 aliphatic carbocycles. The standard InChI is InChI=1S/C17H21F3N6O2/c1-9(2)11-6-22-23-13(11)7-21-15-10-4-5-26(16(27)28-3)8-12(10)14(24-25-15)17(18,19)20/h6,9H,4-5,7-8H2,1-3H3,(H,21,25)(H,22,23). The first-order chi connectivity index (χ1) is 13.2. The van der Waals surface area contributed by atoms with Crippen molar-refractivity contribution in [3.63, 3.8) is 0 Å². The highest BCUT2D eigenvalue weighted by Crippen LogP contribution is 2.36. The highest BCUT2D eigenvalue weighted by atomic mass is 19.4. The van der Waals surface area contributed by atoms with Crippen molar-refractivity contribution in [1.29, 1.82) is 0 Å². The molecule has 28 heavy (non-hydrogen) atoms. The summed E-state index contributed by atoms with van der Waals surface area (Å²) in [5, 5.41) is 17.1. The molecule has 1 amide bonds. The summed E-state index contributed by atoms with van der Waals surface area (Å²) in [6.45, 7) is 4.37. The SMILES string of the molecule is COC(=O)N1CCc2c(NCc3[nH]ncc3C(C)C)nnc(C(F)(F)F)c2C1. The third-order valence-electron chi connectivity index (χ3n) is 4.67. The molecule has 11 heteroatoms. The van der Waals surface area contributed by atoms with E-state index >= 15 is 0 Å². The number of hydrogen-bond acceptors (Lipinski definition) is 6. The van der Waals surface area contributed by atoms with Crippen molar-refractivity contribution < 1.29 is 22.7 Å². The first kappa shape index (κ1) is 19.9. The number of H-pyrrole nitrogens is 1. The van der Waals surface area contributed by atoms with Gasteiger partial charge in [-0.15, -0.1) is 10.2 Å². The van der Waals surface area contributed by atoms with Crippen LogP contribution >= 0.6 is 0 Å². The quantitative estimate of drug-likeness (QED) is 0.822. The normalized spacial score (nSPS) is 14.2. The smallest absolute Gasteiger partial charge is 0.435 e. The molecule has 2 aromatic rings. The van der Waals surface area contributed by atoms with Gasteiger partial charge in [-0.3, -0.25) is 5.10 Å². The number of fused-ring (bicyclic) bond motifs is 1. The predicted octanol–water partition coefficient (Wildman–Crippen LogP) is 3.08. The number of carbonyl (C=O) groups excluding carboxylic acids is 1. The molecule has 0 aromatic carbocycles. The number of aromatic amines is 1. The van der Waals surface area contributed by atoms with Gasteiger partial charge in [0, 0.05) is 17.7 Å². The summed E-state index contributed by atoms with van der Waals surface area (Å²) in [7, 11) is 1.19. The maximum atomic E-state index is 13.4. The number of aromatic nitrogens is 4. The number of rotatable bonds is 4. The van der Waals surface area contributed by atoms with E-state index in [1.807, 2.05) is 13.8 Å². The van der Waals surface area contributed by atoms with Crippen molar-refractivity contribution in [3.05, 3.63) is 34.3 Å². The summed E-state index contributed by atoms with van der Waals surface area (Å²) >= 11 is 0. The van der Waals surface area contributed by atoms with Gasteiger partial charge in [-0.05, 0) is 17.9 Å². The molecule has 0 bridgehead atoms. The second kappa shape index (κ2) is 7.64. The van der Waals surface area contributed by atoms with Crippen LogP contribution in [0.4, 0.5) is 23.8 Å². The molecule has 1 aliphatic heterocycles. The van der Waals surface area contributed by atoms with Crippen LogP contribution in [-0.2, 0) is 30.4 Å². The highest BCUT2D eigenvalue weighted by molar-refractivity contribution is 5.68. The first-order valence-electron chi connectivity index (χ1n) is 8.76. The molecule has 0 saturated carbocycles. The van der Waals surface area contributed by atoms with E-state index in [0.29, 0.717) is 12.1 Å². The predicted molar refractivity (Wildman–Crippen MR) is 93.6 cm³/mol. The Morgan fingerprint density at radius 1 is 1.36 bits per heavy atom. The molecule has 1 aliphatic rings. The monoisotopic (exact) mass is 398 g/mol. The Labute approximate surface area is 159 Å². The van der Waals surface area contributed by atoms with E-state index in [1.165, 1.54) is 12.0 Å². The summed E-state index contributed by atoms with van der Waals surface area (Å²) in [6.07, 6.45) is -3.40. The van der Waals surface area contributed by atoms with Crippen LogP contribution in [0.2, 0.25) is 0 Å². The third-order valence-corrected chi connectivity index (χ3v) is 4.67. The van der Waals surface area contributed by atoms with Gasteiger partial charge < -0.3 is 15.0 Å². The highest BCUT2D eigenvalue weighted by Gasteiger charge is 2.40. The van der Waals surface area contributed by atoms with E-state index in [0.717, 1.165) is 11.3 Å². The summed E-state index contributed by atoms with van der Waals surface area (Å²) in [5.74, 6) is 0.522. The Hall–Kier alpha value is -2.85. The first-order valence-corrected chi connectivity index (χ1v) is 8.76. The average Bonchev–Trinajstić information content (AvgIpc) is 3.12. The minimum Gasteiger partial charge on any atom is -0.453 e. The van der Waals surface area contributed by atoms with Crippen LogP contribution < -0.4 is 5.32 Å². The maximum Gasteiger partial charge on any atom is 0.435 e. The fourth-order valence-corrected chi connectivity index (χ4v) is 3.25. The van der Waals surface area contributed by atoms with Crippen LogP contribution in [0.1, 0.15) is 47.8 Å². The number of methoxy groups -OCH3 is 1. The molecule has 0 atom stereocenters. The number of nitrogens with zero attached hydrogens (tertiary/aromatic N) is 4. The molecule has 3 rings (SSSR count). The molecule has 152 valence electrons. The largest absolute Gasteiger partial charge is 0.453 e. The zero-order valence-corrected chi connectivity index (χ0v) is 15.7. The summed E-state index contributed by atoms with van der Waals surface area (Å²) in [5.41, 5.74) is 1.12. The minimum absolute atomic E-state index is 0.0599. The number of nitrogens with one attached hydrogen (secondary N) is 2. The van der Waals surface area contributed by atoms with Crippen molar-refractivity contribution >= 4 is 11.9 Å². The number of anilines is 1. The zero-order valence-electron chi connectivity index (χ0n) is 15.7. The molecular formula is C17H21F3N6O2. The van der Waals surface area contributed by atoms with Gasteiger partial charge in [0.15, 0.2) is 11.5 Å². The van der Waals surface area contributed by atoms with Crippen molar-refractivity contribution in [1.82, 2.24) is 25.3 Å². The number of carbonyl (C=O) groups is 1. The number of alkyl halides is 3. The fraction of sp³-hybridized carbons (Fsp3) is 0.529. The van der Waals surface area contributed by atoms with Crippen LogP contribution in [0.25, 0.3) is 0 Å². The van der Waals surface area contributed by atoms with Gasteiger partial charge in [-0.1, -0.05) is 13.8 Å². The van der Waals surface area contributed by atoms with Crippen LogP contribution in [0.15, 0.2) is 6.20 Å². The molecule has 0 spiro atoms. The van der Waals surface area contributed by atoms with Crippen molar-refractivity contribution in [3.8, 4) is 0 Å². The summed E-state index contributed by atoms with van der Waals surface area (Å²) in [4.78, 5) is 13.0. The molecule has 2 aromatic heterocycles. The van der Waals surface area contributed by atoms with Gasteiger partial charge in [0.1, 0.15) is 0 Å². The molecule has 0 unspecified atom stereocenters. The molecule has 0 fully saturated rings. The third kappa shape index (κ3) is 3.87. The van der Waals surface area contributed by atoms with Crippen LogP contribution in [0, 0.1) is 0 Å². The van der Waals surface area contributed by atoms with Gasteiger partial charge in [0.25, 0.3) is 0 Å². The lowest BCUT2D eigenvalue weighted by Crippen LogP contribution is -2.38. The van der Waals surface area contributed by atoms with Gasteiger partial charge in [-0.25, -0.2) is 4.79 Å². The second-order valence-electron chi connectivity index (χ2n) is 6.81. The lowest BCUT2D eigenvalue weighted by Gasteiger charge is -2.30. The lowest BCUT2D eigenvalue weighted by molar-refractivity contribution is -0.142. The Balaban J connectivity index is 1.91. The Morgan fingerprint density at radius 2 is 2.11 bits per heavy atom. The lowest BCUT2D eigenvalue weighted by atomic mass is 9.98. The van der Waals surface area contributed by atoms with Gasteiger partial charge in [0.05, 0.1) is 32.1 Å². The van der Waals surface area contributed by atoms with E-state index in [9.17, 15) is 18.0 Å². The van der Waals surface area contributed by atoms with Crippen LogP contribution in [0.3, 0.4) is 0 Å². The topological polar surface area (TPSA) is 96.0 Å². The number of hydrogen-bond donors (Lipinski definition) is 2. The minimum atomic E-state index is -4.66. The fourth-order valence-electron chi connectivity index (χ4n) is 3.25. The Morgan fingerprint density at radius 3 is 2.75 bits per heavy atom. The Kier molecular flexibility index (Phi) is 5.43. The summed E-state index contributed by atoms with van der Waals surface area (Å²) in [6, 6.07) is 0.